The number of hydrogen-bond acceptors (Lipinski definition) is 3. The van der Waals surface area contributed by atoms with E-state index in [-0.39, 0.29) is 24.0 Å². The van der Waals surface area contributed by atoms with Crippen LogP contribution in [-0.4, -0.2) is 33.8 Å². The molecule has 0 atom stereocenters. The predicted octanol–water partition coefficient (Wildman–Crippen LogP) is 3.86. The molecule has 0 unspecified atom stereocenters. The molecule has 0 saturated heterocycles. The van der Waals surface area contributed by atoms with E-state index in [1.165, 1.54) is 11.1 Å². The van der Waals surface area contributed by atoms with E-state index in [1.807, 2.05) is 18.2 Å². The SMILES string of the molecule is CN=C(NCCc1cccc(C)c1)Nc1ccc(OC)c(OC)c1.I. The maximum Gasteiger partial charge on any atom is 0.195 e. The van der Waals surface area contributed by atoms with Gasteiger partial charge in [-0.15, -0.1) is 24.0 Å². The summed E-state index contributed by atoms with van der Waals surface area (Å²) in [7, 11) is 5.00. The van der Waals surface area contributed by atoms with Gasteiger partial charge in [-0.2, -0.15) is 0 Å². The van der Waals surface area contributed by atoms with Gasteiger partial charge < -0.3 is 20.1 Å². The van der Waals surface area contributed by atoms with Crippen molar-refractivity contribution < 1.29 is 9.47 Å². The predicted molar refractivity (Wildman–Crippen MR) is 115 cm³/mol. The highest BCUT2D eigenvalue weighted by molar-refractivity contribution is 14.0. The molecule has 2 aromatic rings. The molecule has 0 aliphatic carbocycles. The summed E-state index contributed by atoms with van der Waals surface area (Å²) in [4.78, 5) is 4.25. The van der Waals surface area contributed by atoms with E-state index in [4.69, 9.17) is 9.47 Å². The van der Waals surface area contributed by atoms with E-state index in [2.05, 4.69) is 46.8 Å². The van der Waals surface area contributed by atoms with Crippen molar-refractivity contribution in [1.82, 2.24) is 5.32 Å². The van der Waals surface area contributed by atoms with Crippen molar-refractivity contribution in [2.24, 2.45) is 4.99 Å². The number of benzene rings is 2. The zero-order valence-electron chi connectivity index (χ0n) is 15.1. The zero-order valence-corrected chi connectivity index (χ0v) is 17.5. The average molecular weight is 455 g/mol. The summed E-state index contributed by atoms with van der Waals surface area (Å²) in [5.74, 6) is 2.10. The van der Waals surface area contributed by atoms with Crippen LogP contribution in [-0.2, 0) is 6.42 Å². The van der Waals surface area contributed by atoms with Crippen molar-refractivity contribution >= 4 is 35.6 Å². The van der Waals surface area contributed by atoms with Gasteiger partial charge in [-0.3, -0.25) is 4.99 Å². The van der Waals surface area contributed by atoms with E-state index >= 15 is 0 Å². The minimum Gasteiger partial charge on any atom is -0.493 e. The van der Waals surface area contributed by atoms with E-state index in [1.54, 1.807) is 21.3 Å². The van der Waals surface area contributed by atoms with Crippen LogP contribution in [0.15, 0.2) is 47.5 Å². The maximum absolute atomic E-state index is 5.32. The second-order valence-corrected chi connectivity index (χ2v) is 5.43. The van der Waals surface area contributed by atoms with Crippen molar-refractivity contribution in [3.05, 3.63) is 53.6 Å². The van der Waals surface area contributed by atoms with Gasteiger partial charge in [-0.1, -0.05) is 29.8 Å². The van der Waals surface area contributed by atoms with Crippen LogP contribution in [0.5, 0.6) is 11.5 Å². The van der Waals surface area contributed by atoms with Gasteiger partial charge in [0, 0.05) is 25.3 Å². The van der Waals surface area contributed by atoms with Crippen LogP contribution in [0.2, 0.25) is 0 Å². The minimum absolute atomic E-state index is 0. The topological polar surface area (TPSA) is 54.9 Å². The number of rotatable bonds is 6. The van der Waals surface area contributed by atoms with Crippen molar-refractivity contribution in [2.45, 2.75) is 13.3 Å². The molecule has 0 aliphatic rings. The third-order valence-electron chi connectivity index (χ3n) is 3.66. The summed E-state index contributed by atoms with van der Waals surface area (Å²) in [6, 6.07) is 14.2. The Hall–Kier alpha value is -1.96. The number of nitrogens with one attached hydrogen (secondary N) is 2. The first kappa shape index (κ1) is 21.1. The van der Waals surface area contributed by atoms with Gasteiger partial charge in [0.25, 0.3) is 0 Å². The summed E-state index contributed by atoms with van der Waals surface area (Å²) in [6.45, 7) is 2.91. The molecule has 25 heavy (non-hydrogen) atoms. The summed E-state index contributed by atoms with van der Waals surface area (Å²) in [5, 5.41) is 6.57. The molecule has 0 fully saturated rings. The number of methoxy groups -OCH3 is 2. The monoisotopic (exact) mass is 455 g/mol. The molecule has 0 radical (unpaired) electrons. The van der Waals surface area contributed by atoms with E-state index < -0.39 is 0 Å². The lowest BCUT2D eigenvalue weighted by atomic mass is 10.1. The number of ether oxygens (including phenoxy) is 2. The highest BCUT2D eigenvalue weighted by Gasteiger charge is 2.06. The lowest BCUT2D eigenvalue weighted by molar-refractivity contribution is 0.355. The fraction of sp³-hybridized carbons (Fsp3) is 0.316. The standard InChI is InChI=1S/C19H25N3O2.HI/c1-14-6-5-7-15(12-14)10-11-21-19(20-2)22-16-8-9-17(23-3)18(13-16)24-4;/h5-9,12-13H,10-11H2,1-4H3,(H2,20,21,22);1H. The zero-order chi connectivity index (χ0) is 17.4. The van der Waals surface area contributed by atoms with E-state index in [9.17, 15) is 0 Å². The Labute approximate surface area is 166 Å². The largest absolute Gasteiger partial charge is 0.493 e. The van der Waals surface area contributed by atoms with Gasteiger partial charge in [0.05, 0.1) is 14.2 Å². The molecule has 0 spiro atoms. The number of aliphatic imine (C=N–C) groups is 1. The van der Waals surface area contributed by atoms with Gasteiger partial charge in [-0.25, -0.2) is 0 Å². The van der Waals surface area contributed by atoms with Crippen LogP contribution in [0.4, 0.5) is 5.69 Å². The van der Waals surface area contributed by atoms with Gasteiger partial charge in [0.15, 0.2) is 17.5 Å². The number of anilines is 1. The van der Waals surface area contributed by atoms with Crippen LogP contribution >= 0.6 is 24.0 Å². The highest BCUT2D eigenvalue weighted by atomic mass is 127. The molecule has 2 N–H and O–H groups in total. The molecule has 6 heteroatoms. The molecular formula is C19H26IN3O2. The molecule has 0 amide bonds. The molecule has 136 valence electrons. The van der Waals surface area contributed by atoms with Gasteiger partial charge >= 0.3 is 0 Å². The molecule has 0 bridgehead atoms. The molecule has 0 aromatic heterocycles. The Balaban J connectivity index is 0.00000312. The van der Waals surface area contributed by atoms with Crippen LogP contribution in [0, 0.1) is 6.92 Å². The first-order valence-corrected chi connectivity index (χ1v) is 7.91. The minimum atomic E-state index is 0. The Morgan fingerprint density at radius 3 is 2.44 bits per heavy atom. The Kier molecular flexibility index (Phi) is 9.12. The quantitative estimate of drug-likeness (QED) is 0.395. The Bertz CT molecular complexity index is 705. The van der Waals surface area contributed by atoms with Crippen LogP contribution < -0.4 is 20.1 Å². The third kappa shape index (κ3) is 6.45. The molecule has 0 saturated carbocycles. The average Bonchev–Trinajstić information content (AvgIpc) is 2.60. The van der Waals surface area contributed by atoms with Crippen molar-refractivity contribution in [3.8, 4) is 11.5 Å². The number of nitrogens with zero attached hydrogens (tertiary/aromatic N) is 1. The summed E-state index contributed by atoms with van der Waals surface area (Å²) in [5.41, 5.74) is 3.47. The fourth-order valence-corrected chi connectivity index (χ4v) is 2.42. The lowest BCUT2D eigenvalue weighted by Gasteiger charge is -2.14. The second-order valence-electron chi connectivity index (χ2n) is 5.43. The van der Waals surface area contributed by atoms with Crippen LogP contribution in [0.1, 0.15) is 11.1 Å². The number of guanidine groups is 1. The molecule has 2 rings (SSSR count). The molecular weight excluding hydrogens is 429 g/mol. The van der Waals surface area contributed by atoms with E-state index in [0.717, 1.165) is 24.6 Å². The number of halogens is 1. The first-order valence-electron chi connectivity index (χ1n) is 7.91. The van der Waals surface area contributed by atoms with Crippen molar-refractivity contribution in [2.75, 3.05) is 33.1 Å². The van der Waals surface area contributed by atoms with Crippen molar-refractivity contribution in [1.29, 1.82) is 0 Å². The summed E-state index contributed by atoms with van der Waals surface area (Å²) in [6.07, 6.45) is 0.939. The molecule has 0 heterocycles. The van der Waals surface area contributed by atoms with E-state index in [0.29, 0.717) is 11.5 Å². The van der Waals surface area contributed by atoms with Crippen LogP contribution in [0.25, 0.3) is 0 Å². The summed E-state index contributed by atoms with van der Waals surface area (Å²) >= 11 is 0. The summed E-state index contributed by atoms with van der Waals surface area (Å²) < 4.78 is 10.6. The van der Waals surface area contributed by atoms with Gasteiger partial charge in [-0.05, 0) is 31.0 Å². The Morgan fingerprint density at radius 1 is 1.04 bits per heavy atom. The second kappa shape index (κ2) is 10.8. The van der Waals surface area contributed by atoms with Gasteiger partial charge in [0.2, 0.25) is 0 Å². The Morgan fingerprint density at radius 2 is 1.80 bits per heavy atom. The van der Waals surface area contributed by atoms with Gasteiger partial charge in [0.1, 0.15) is 0 Å². The van der Waals surface area contributed by atoms with Crippen molar-refractivity contribution in [3.63, 3.8) is 0 Å². The fourth-order valence-electron chi connectivity index (χ4n) is 2.42. The number of aryl methyl sites for hydroxylation is 1. The maximum atomic E-state index is 5.32. The molecule has 5 nitrogen and oxygen atoms in total. The first-order chi connectivity index (χ1) is 11.7. The highest BCUT2D eigenvalue weighted by Crippen LogP contribution is 2.29. The molecule has 0 aliphatic heterocycles. The smallest absolute Gasteiger partial charge is 0.195 e. The lowest BCUT2D eigenvalue weighted by Crippen LogP contribution is -2.32. The normalized spacial score (nSPS) is 10.6. The molecule has 2 aromatic carbocycles. The third-order valence-corrected chi connectivity index (χ3v) is 3.66. The number of hydrogen-bond donors (Lipinski definition) is 2. The van der Waals surface area contributed by atoms with Crippen LogP contribution in [0.3, 0.4) is 0 Å².